The van der Waals surface area contributed by atoms with Gasteiger partial charge in [-0.15, -0.1) is 0 Å². The van der Waals surface area contributed by atoms with E-state index in [1.54, 1.807) is 6.92 Å². The predicted octanol–water partition coefficient (Wildman–Crippen LogP) is 1.88. The van der Waals surface area contributed by atoms with Crippen LogP contribution >= 0.6 is 0 Å². The summed E-state index contributed by atoms with van der Waals surface area (Å²) in [6.07, 6.45) is 5.76. The summed E-state index contributed by atoms with van der Waals surface area (Å²) in [5, 5.41) is 9.85. The molecule has 5 atom stereocenters. The fourth-order valence-corrected chi connectivity index (χ4v) is 2.76. The number of ether oxygens (including phenoxy) is 2. The van der Waals surface area contributed by atoms with Crippen molar-refractivity contribution in [1.82, 2.24) is 0 Å². The minimum atomic E-state index is -0.496. The number of hydrogen-bond donors (Lipinski definition) is 1. The molecule has 2 bridgehead atoms. The zero-order valence-electron chi connectivity index (χ0n) is 11.0. The van der Waals surface area contributed by atoms with Gasteiger partial charge < -0.3 is 14.6 Å². The zero-order valence-corrected chi connectivity index (χ0v) is 11.0. The Hall–Kier alpha value is -0.870. The monoisotopic (exact) mass is 254 g/mol. The fourth-order valence-electron chi connectivity index (χ4n) is 2.76. The molecule has 0 aromatic carbocycles. The Morgan fingerprint density at radius 3 is 2.83 bits per heavy atom. The lowest BCUT2D eigenvalue weighted by Gasteiger charge is -2.20. The third-order valence-corrected chi connectivity index (χ3v) is 3.84. The molecule has 4 heteroatoms. The van der Waals surface area contributed by atoms with Crippen molar-refractivity contribution >= 4 is 5.97 Å². The van der Waals surface area contributed by atoms with Crippen molar-refractivity contribution in [1.29, 1.82) is 0 Å². The minimum Gasteiger partial charge on any atom is -0.436 e. The summed E-state index contributed by atoms with van der Waals surface area (Å²) in [5.74, 6) is -0.378. The lowest BCUT2D eigenvalue weighted by atomic mass is 9.94. The second-order valence-electron chi connectivity index (χ2n) is 5.19. The summed E-state index contributed by atoms with van der Waals surface area (Å²) >= 11 is 0. The Morgan fingerprint density at radius 2 is 2.28 bits per heavy atom. The molecule has 2 aliphatic carbocycles. The molecule has 0 amide bonds. The van der Waals surface area contributed by atoms with Crippen molar-refractivity contribution in [3.8, 4) is 0 Å². The molecule has 0 aliphatic heterocycles. The van der Waals surface area contributed by atoms with Crippen LogP contribution in [0.4, 0.5) is 0 Å². The van der Waals surface area contributed by atoms with Crippen LogP contribution in [-0.2, 0) is 14.3 Å². The topological polar surface area (TPSA) is 55.8 Å². The van der Waals surface area contributed by atoms with Gasteiger partial charge in [0.2, 0.25) is 0 Å². The summed E-state index contributed by atoms with van der Waals surface area (Å²) in [6.45, 7) is 4.44. The van der Waals surface area contributed by atoms with Crippen LogP contribution in [0.3, 0.4) is 0 Å². The molecular formula is C14H22O4. The molecule has 0 aromatic heterocycles. The number of hydrogen-bond acceptors (Lipinski definition) is 4. The number of aliphatic hydroxyl groups is 1. The van der Waals surface area contributed by atoms with E-state index in [2.05, 4.69) is 6.92 Å². The second kappa shape index (κ2) is 5.85. The molecule has 0 spiro atoms. The number of esters is 1. The van der Waals surface area contributed by atoms with Gasteiger partial charge in [-0.25, -0.2) is 0 Å². The van der Waals surface area contributed by atoms with E-state index < -0.39 is 12.4 Å². The average molecular weight is 254 g/mol. The molecular weight excluding hydrogens is 232 g/mol. The lowest BCUT2D eigenvalue weighted by molar-refractivity contribution is -0.180. The van der Waals surface area contributed by atoms with E-state index in [1.807, 2.05) is 12.2 Å². The van der Waals surface area contributed by atoms with Gasteiger partial charge in [-0.2, -0.15) is 0 Å². The summed E-state index contributed by atoms with van der Waals surface area (Å²) < 4.78 is 10.7. The van der Waals surface area contributed by atoms with Crippen molar-refractivity contribution in [2.45, 2.75) is 45.5 Å². The molecule has 0 radical (unpaired) electrons. The molecule has 2 rings (SSSR count). The van der Waals surface area contributed by atoms with Crippen molar-refractivity contribution in [2.24, 2.45) is 17.8 Å². The predicted molar refractivity (Wildman–Crippen MR) is 66.6 cm³/mol. The van der Waals surface area contributed by atoms with E-state index in [1.165, 1.54) is 0 Å². The van der Waals surface area contributed by atoms with Crippen LogP contribution in [0.5, 0.6) is 0 Å². The third-order valence-electron chi connectivity index (χ3n) is 3.84. The maximum absolute atomic E-state index is 12.0. The smallest absolute Gasteiger partial charge is 0.311 e. The minimum absolute atomic E-state index is 0.0645. The summed E-state index contributed by atoms with van der Waals surface area (Å²) in [6, 6.07) is 0. The number of aliphatic hydroxyl groups excluding tert-OH is 1. The van der Waals surface area contributed by atoms with Crippen molar-refractivity contribution in [2.75, 3.05) is 6.61 Å². The Morgan fingerprint density at radius 1 is 1.50 bits per heavy atom. The molecule has 0 heterocycles. The lowest BCUT2D eigenvalue weighted by Crippen LogP contribution is -2.28. The molecule has 1 fully saturated rings. The number of carbonyl (C=O) groups excluding carboxylic acids is 1. The molecule has 18 heavy (non-hydrogen) atoms. The maximum Gasteiger partial charge on any atom is 0.311 e. The Kier molecular flexibility index (Phi) is 4.40. The second-order valence-corrected chi connectivity index (χ2v) is 5.19. The Labute approximate surface area is 108 Å². The third kappa shape index (κ3) is 2.75. The average Bonchev–Trinajstić information content (AvgIpc) is 2.85. The van der Waals surface area contributed by atoms with E-state index >= 15 is 0 Å². The first-order valence-corrected chi connectivity index (χ1v) is 6.82. The highest BCUT2D eigenvalue weighted by atomic mass is 16.7. The number of carbonyl (C=O) groups is 1. The SMILES string of the molecule is CCCCOC(C)OC(=O)C1CC2C=CC1C2O. The van der Waals surface area contributed by atoms with Gasteiger partial charge in [0.15, 0.2) is 6.29 Å². The highest BCUT2D eigenvalue weighted by Crippen LogP contribution is 2.44. The van der Waals surface area contributed by atoms with Gasteiger partial charge in [-0.1, -0.05) is 25.5 Å². The van der Waals surface area contributed by atoms with E-state index in [4.69, 9.17) is 9.47 Å². The van der Waals surface area contributed by atoms with Crippen molar-refractivity contribution in [3.05, 3.63) is 12.2 Å². The molecule has 5 unspecified atom stereocenters. The number of unbranched alkanes of at least 4 members (excludes halogenated alkanes) is 1. The first-order valence-electron chi connectivity index (χ1n) is 6.82. The van der Waals surface area contributed by atoms with Gasteiger partial charge in [0.05, 0.1) is 18.6 Å². The molecule has 2 aliphatic rings. The Bertz CT molecular complexity index is 326. The van der Waals surface area contributed by atoms with Crippen LogP contribution in [0.25, 0.3) is 0 Å². The van der Waals surface area contributed by atoms with E-state index in [0.29, 0.717) is 13.0 Å². The first kappa shape index (κ1) is 13.6. The normalized spacial score (nSPS) is 34.8. The summed E-state index contributed by atoms with van der Waals surface area (Å²) in [7, 11) is 0. The van der Waals surface area contributed by atoms with Crippen LogP contribution in [0, 0.1) is 17.8 Å². The number of rotatable bonds is 6. The summed E-state index contributed by atoms with van der Waals surface area (Å²) in [5.41, 5.74) is 0. The highest BCUT2D eigenvalue weighted by molar-refractivity contribution is 5.74. The largest absolute Gasteiger partial charge is 0.436 e. The standard InChI is InChI=1S/C14H22O4/c1-3-4-7-17-9(2)18-14(16)12-8-10-5-6-11(12)13(10)15/h5-6,9-13,15H,3-4,7-8H2,1-2H3. The van der Waals surface area contributed by atoms with Gasteiger partial charge in [0, 0.05) is 11.8 Å². The zero-order chi connectivity index (χ0) is 13.1. The van der Waals surface area contributed by atoms with E-state index in [0.717, 1.165) is 12.8 Å². The van der Waals surface area contributed by atoms with Gasteiger partial charge in [-0.3, -0.25) is 4.79 Å². The van der Waals surface area contributed by atoms with Gasteiger partial charge in [0.1, 0.15) is 0 Å². The van der Waals surface area contributed by atoms with Crippen LogP contribution in [0.15, 0.2) is 12.2 Å². The van der Waals surface area contributed by atoms with Gasteiger partial charge in [-0.05, 0) is 19.8 Å². The van der Waals surface area contributed by atoms with Crippen LogP contribution in [-0.4, -0.2) is 30.1 Å². The fraction of sp³-hybridized carbons (Fsp3) is 0.786. The molecule has 1 N–H and O–H groups in total. The van der Waals surface area contributed by atoms with E-state index in [9.17, 15) is 9.90 Å². The van der Waals surface area contributed by atoms with Gasteiger partial charge >= 0.3 is 5.97 Å². The van der Waals surface area contributed by atoms with Crippen LogP contribution < -0.4 is 0 Å². The summed E-state index contributed by atoms with van der Waals surface area (Å²) in [4.78, 5) is 12.0. The van der Waals surface area contributed by atoms with Gasteiger partial charge in [0.25, 0.3) is 0 Å². The molecule has 1 saturated carbocycles. The molecule has 0 aromatic rings. The first-order chi connectivity index (χ1) is 8.63. The highest BCUT2D eigenvalue weighted by Gasteiger charge is 2.47. The van der Waals surface area contributed by atoms with Crippen LogP contribution in [0.1, 0.15) is 33.1 Å². The molecule has 102 valence electrons. The maximum atomic E-state index is 12.0. The van der Waals surface area contributed by atoms with E-state index in [-0.39, 0.29) is 23.7 Å². The quantitative estimate of drug-likeness (QED) is 0.340. The Balaban J connectivity index is 1.77. The number of fused-ring (bicyclic) bond motifs is 2. The van der Waals surface area contributed by atoms with Crippen molar-refractivity contribution in [3.63, 3.8) is 0 Å². The molecule has 0 saturated heterocycles. The molecule has 4 nitrogen and oxygen atoms in total. The van der Waals surface area contributed by atoms with Crippen molar-refractivity contribution < 1.29 is 19.4 Å². The van der Waals surface area contributed by atoms with Crippen LogP contribution in [0.2, 0.25) is 0 Å².